The van der Waals surface area contributed by atoms with E-state index in [0.717, 1.165) is 6.54 Å². The molecular formula is C4H11N2. The van der Waals surface area contributed by atoms with E-state index in [9.17, 15) is 0 Å². The molecule has 0 aliphatic carbocycles. The van der Waals surface area contributed by atoms with Gasteiger partial charge in [0, 0.05) is 13.1 Å². The second kappa shape index (κ2) is 3.12. The van der Waals surface area contributed by atoms with Crippen molar-refractivity contribution in [2.45, 2.75) is 6.92 Å². The van der Waals surface area contributed by atoms with E-state index in [2.05, 4.69) is 6.92 Å². The SMILES string of the molecule is [CH2]CN(N)CC. The zero-order chi connectivity index (χ0) is 4.99. The van der Waals surface area contributed by atoms with E-state index in [-0.39, 0.29) is 0 Å². The minimum atomic E-state index is 0.691. The Morgan fingerprint density at radius 1 is 1.83 bits per heavy atom. The Hall–Kier alpha value is -0.0800. The monoisotopic (exact) mass is 87.1 g/mol. The number of hydrogen-bond donors (Lipinski definition) is 1. The van der Waals surface area contributed by atoms with E-state index in [0.29, 0.717) is 6.54 Å². The maximum absolute atomic E-state index is 5.24. The Morgan fingerprint density at radius 2 is 2.33 bits per heavy atom. The predicted octanol–water partition coefficient (Wildman–Crippen LogP) is 0.0161. The fourth-order valence-corrected chi connectivity index (χ4v) is 0.158. The molecule has 0 aromatic rings. The first-order chi connectivity index (χ1) is 2.81. The van der Waals surface area contributed by atoms with Crippen molar-refractivity contribution in [3.05, 3.63) is 6.92 Å². The Balaban J connectivity index is 2.75. The van der Waals surface area contributed by atoms with Crippen molar-refractivity contribution in [2.75, 3.05) is 13.1 Å². The lowest BCUT2D eigenvalue weighted by molar-refractivity contribution is 0.331. The van der Waals surface area contributed by atoms with Crippen LogP contribution in [0.15, 0.2) is 0 Å². The maximum atomic E-state index is 5.24. The molecule has 0 saturated heterocycles. The van der Waals surface area contributed by atoms with Gasteiger partial charge in [0.1, 0.15) is 0 Å². The minimum absolute atomic E-state index is 0.691. The van der Waals surface area contributed by atoms with Gasteiger partial charge in [-0.15, -0.1) is 0 Å². The van der Waals surface area contributed by atoms with Gasteiger partial charge in [0.2, 0.25) is 0 Å². The molecule has 2 heteroatoms. The highest BCUT2D eigenvalue weighted by molar-refractivity contribution is 4.42. The fourth-order valence-electron chi connectivity index (χ4n) is 0.158. The van der Waals surface area contributed by atoms with Gasteiger partial charge >= 0.3 is 0 Å². The Labute approximate surface area is 38.9 Å². The van der Waals surface area contributed by atoms with Crippen LogP contribution in [0.4, 0.5) is 0 Å². The number of hydrazine groups is 1. The second-order valence-corrected chi connectivity index (χ2v) is 1.13. The van der Waals surface area contributed by atoms with Gasteiger partial charge in [-0.3, -0.25) is 5.84 Å². The molecule has 2 nitrogen and oxygen atoms in total. The van der Waals surface area contributed by atoms with Crippen molar-refractivity contribution in [1.82, 2.24) is 5.01 Å². The summed E-state index contributed by atoms with van der Waals surface area (Å²) in [6, 6.07) is 0. The number of rotatable bonds is 2. The molecule has 0 rings (SSSR count). The van der Waals surface area contributed by atoms with Crippen LogP contribution in [-0.2, 0) is 0 Å². The molecule has 0 amide bonds. The zero-order valence-corrected chi connectivity index (χ0v) is 4.15. The third-order valence-electron chi connectivity index (χ3n) is 0.693. The summed E-state index contributed by atoms with van der Waals surface area (Å²) >= 11 is 0. The van der Waals surface area contributed by atoms with Crippen molar-refractivity contribution in [1.29, 1.82) is 0 Å². The summed E-state index contributed by atoms with van der Waals surface area (Å²) in [5.41, 5.74) is 0. The van der Waals surface area contributed by atoms with E-state index >= 15 is 0 Å². The van der Waals surface area contributed by atoms with E-state index in [1.165, 1.54) is 0 Å². The van der Waals surface area contributed by atoms with Crippen LogP contribution in [0.1, 0.15) is 6.92 Å². The van der Waals surface area contributed by atoms with E-state index in [1.807, 2.05) is 6.92 Å². The standard InChI is InChI=1S/C4H11N2/c1-3-6(5)4-2/h1,3-5H2,2H3. The largest absolute Gasteiger partial charge is 0.269 e. The van der Waals surface area contributed by atoms with E-state index in [1.54, 1.807) is 5.01 Å². The second-order valence-electron chi connectivity index (χ2n) is 1.13. The summed E-state index contributed by atoms with van der Waals surface area (Å²) in [6.45, 7) is 7.12. The summed E-state index contributed by atoms with van der Waals surface area (Å²) in [7, 11) is 0. The van der Waals surface area contributed by atoms with Crippen molar-refractivity contribution >= 4 is 0 Å². The lowest BCUT2D eigenvalue weighted by atomic mass is 10.6. The quantitative estimate of drug-likeness (QED) is 0.380. The van der Waals surface area contributed by atoms with Crippen molar-refractivity contribution in [2.24, 2.45) is 5.84 Å². The zero-order valence-electron chi connectivity index (χ0n) is 4.15. The molecule has 0 atom stereocenters. The van der Waals surface area contributed by atoms with Gasteiger partial charge in [0.25, 0.3) is 0 Å². The molecule has 0 aliphatic rings. The highest BCUT2D eigenvalue weighted by Gasteiger charge is 1.82. The molecule has 0 aromatic carbocycles. The molecule has 0 spiro atoms. The lowest BCUT2D eigenvalue weighted by Crippen LogP contribution is -2.29. The van der Waals surface area contributed by atoms with Gasteiger partial charge < -0.3 is 0 Å². The third kappa shape index (κ3) is 2.18. The third-order valence-corrected chi connectivity index (χ3v) is 0.693. The van der Waals surface area contributed by atoms with Crippen molar-refractivity contribution in [3.63, 3.8) is 0 Å². The fraction of sp³-hybridized carbons (Fsp3) is 0.750. The van der Waals surface area contributed by atoms with E-state index in [4.69, 9.17) is 5.84 Å². The van der Waals surface area contributed by atoms with Gasteiger partial charge in [-0.05, 0) is 6.92 Å². The number of nitrogens with zero attached hydrogens (tertiary/aromatic N) is 1. The van der Waals surface area contributed by atoms with Gasteiger partial charge in [0.05, 0.1) is 0 Å². The molecule has 0 unspecified atom stereocenters. The average molecular weight is 87.1 g/mol. The topological polar surface area (TPSA) is 29.3 Å². The summed E-state index contributed by atoms with van der Waals surface area (Å²) in [5, 5.41) is 1.64. The van der Waals surface area contributed by atoms with Crippen molar-refractivity contribution in [3.8, 4) is 0 Å². The van der Waals surface area contributed by atoms with Gasteiger partial charge in [-0.1, -0.05) is 6.92 Å². The number of nitrogens with two attached hydrogens (primary N) is 1. The molecular weight excluding hydrogens is 76.1 g/mol. The summed E-state index contributed by atoms with van der Waals surface area (Å²) in [4.78, 5) is 0. The van der Waals surface area contributed by atoms with Crippen LogP contribution in [0.5, 0.6) is 0 Å². The van der Waals surface area contributed by atoms with Crippen LogP contribution in [-0.4, -0.2) is 18.1 Å². The summed E-state index contributed by atoms with van der Waals surface area (Å²) in [6.07, 6.45) is 0. The molecule has 0 bridgehead atoms. The molecule has 1 radical (unpaired) electrons. The van der Waals surface area contributed by atoms with Crippen LogP contribution >= 0.6 is 0 Å². The smallest absolute Gasteiger partial charge is 0.0128 e. The molecule has 37 valence electrons. The average Bonchev–Trinajstić information content (AvgIpc) is 1.65. The summed E-state index contributed by atoms with van der Waals surface area (Å²) < 4.78 is 0. The number of hydrogen-bond acceptors (Lipinski definition) is 2. The Bertz CT molecular complexity index is 24.7. The minimum Gasteiger partial charge on any atom is -0.269 e. The van der Waals surface area contributed by atoms with E-state index < -0.39 is 0 Å². The van der Waals surface area contributed by atoms with Crippen LogP contribution in [0.2, 0.25) is 0 Å². The lowest BCUT2D eigenvalue weighted by Gasteiger charge is -2.07. The first-order valence-corrected chi connectivity index (χ1v) is 2.10. The van der Waals surface area contributed by atoms with Crippen LogP contribution in [0, 0.1) is 6.92 Å². The molecule has 0 heterocycles. The summed E-state index contributed by atoms with van der Waals surface area (Å²) in [5.74, 6) is 5.24. The van der Waals surface area contributed by atoms with Crippen molar-refractivity contribution < 1.29 is 0 Å². The highest BCUT2D eigenvalue weighted by atomic mass is 15.4. The Kier molecular flexibility index (Phi) is 3.08. The molecule has 0 aliphatic heterocycles. The molecule has 0 fully saturated rings. The molecule has 0 aromatic heterocycles. The molecule has 2 N–H and O–H groups in total. The highest BCUT2D eigenvalue weighted by Crippen LogP contribution is 1.68. The van der Waals surface area contributed by atoms with Crippen LogP contribution in [0.3, 0.4) is 0 Å². The first-order valence-electron chi connectivity index (χ1n) is 2.10. The maximum Gasteiger partial charge on any atom is 0.0128 e. The van der Waals surface area contributed by atoms with Gasteiger partial charge in [-0.25, -0.2) is 5.01 Å². The normalized spacial score (nSPS) is 10.0. The first kappa shape index (κ1) is 5.92. The molecule has 6 heavy (non-hydrogen) atoms. The Morgan fingerprint density at radius 3 is 2.33 bits per heavy atom. The van der Waals surface area contributed by atoms with Gasteiger partial charge in [-0.2, -0.15) is 0 Å². The van der Waals surface area contributed by atoms with Gasteiger partial charge in [0.15, 0.2) is 0 Å². The predicted molar refractivity (Wildman–Crippen MR) is 26.8 cm³/mol. The van der Waals surface area contributed by atoms with Crippen LogP contribution in [0.25, 0.3) is 0 Å². The molecule has 0 saturated carbocycles. The van der Waals surface area contributed by atoms with Crippen LogP contribution < -0.4 is 5.84 Å².